The average Bonchev–Trinajstić information content (AvgIpc) is 3.44. The highest BCUT2D eigenvalue weighted by Crippen LogP contribution is 2.30. The maximum atomic E-state index is 13.2. The van der Waals surface area contributed by atoms with Gasteiger partial charge in [-0.3, -0.25) is 9.69 Å². The molecule has 29 heavy (non-hydrogen) atoms. The fourth-order valence-corrected chi connectivity index (χ4v) is 4.84. The van der Waals surface area contributed by atoms with Crippen LogP contribution in [0.15, 0.2) is 64.6 Å². The van der Waals surface area contributed by atoms with Crippen LogP contribution in [0, 0.1) is 5.82 Å². The minimum atomic E-state index is -0.216. The van der Waals surface area contributed by atoms with Crippen molar-refractivity contribution in [3.8, 4) is 0 Å². The summed E-state index contributed by atoms with van der Waals surface area (Å²) in [5.41, 5.74) is 1.04. The van der Waals surface area contributed by atoms with Crippen LogP contribution in [0.3, 0.4) is 0 Å². The summed E-state index contributed by atoms with van der Waals surface area (Å²) in [6, 6.07) is 14.2. The van der Waals surface area contributed by atoms with E-state index in [1.54, 1.807) is 23.5 Å². The molecule has 3 heterocycles. The minimum absolute atomic E-state index is 0.0800. The molecule has 0 unspecified atom stereocenters. The van der Waals surface area contributed by atoms with Crippen LogP contribution in [-0.4, -0.2) is 43.0 Å². The Labute approximate surface area is 173 Å². The molecule has 1 aromatic carbocycles. The van der Waals surface area contributed by atoms with E-state index >= 15 is 0 Å². The molecule has 2 aromatic heterocycles. The average molecular weight is 414 g/mol. The maximum Gasteiger partial charge on any atom is 0.287 e. The van der Waals surface area contributed by atoms with Crippen LogP contribution in [0.1, 0.15) is 28.4 Å². The molecule has 0 radical (unpaired) electrons. The third-order valence-electron chi connectivity index (χ3n) is 5.31. The summed E-state index contributed by atoms with van der Waals surface area (Å²) >= 11 is 1.70. The van der Waals surface area contributed by atoms with Crippen molar-refractivity contribution in [3.05, 3.63) is 76.6 Å². The highest BCUT2D eigenvalue weighted by molar-refractivity contribution is 7.10. The summed E-state index contributed by atoms with van der Waals surface area (Å²) < 4.78 is 18.4. The third-order valence-corrected chi connectivity index (χ3v) is 6.25. The zero-order valence-corrected chi connectivity index (χ0v) is 17.1. The Morgan fingerprint density at radius 2 is 1.86 bits per heavy atom. The van der Waals surface area contributed by atoms with Crippen molar-refractivity contribution >= 4 is 22.9 Å². The van der Waals surface area contributed by atoms with Gasteiger partial charge in [0, 0.05) is 42.8 Å². The van der Waals surface area contributed by atoms with Crippen LogP contribution in [0.2, 0.25) is 0 Å². The van der Waals surface area contributed by atoms with E-state index in [0.29, 0.717) is 5.76 Å². The van der Waals surface area contributed by atoms with Crippen LogP contribution < -0.4 is 10.2 Å². The molecule has 1 saturated heterocycles. The number of rotatable bonds is 6. The summed E-state index contributed by atoms with van der Waals surface area (Å²) in [5.74, 6) is -0.0943. The fraction of sp³-hybridized carbons (Fsp3) is 0.318. The normalized spacial score (nSPS) is 17.1. The lowest BCUT2D eigenvalue weighted by molar-refractivity contribution is 0.0863. The molecule has 7 heteroatoms. The SMILES string of the molecule is C[C@@H](NC(=O)c1ccco1)[C@@H](c1cccs1)N1CCN(c2ccc(F)cc2)CC1. The van der Waals surface area contributed by atoms with Gasteiger partial charge in [0.25, 0.3) is 5.91 Å². The second-order valence-electron chi connectivity index (χ2n) is 7.20. The first-order valence-corrected chi connectivity index (χ1v) is 10.6. The monoisotopic (exact) mass is 413 g/mol. The van der Waals surface area contributed by atoms with Crippen molar-refractivity contribution in [2.24, 2.45) is 0 Å². The zero-order valence-electron chi connectivity index (χ0n) is 16.3. The number of hydrogen-bond acceptors (Lipinski definition) is 5. The van der Waals surface area contributed by atoms with Crippen LogP contribution in [0.25, 0.3) is 0 Å². The maximum absolute atomic E-state index is 13.2. The molecule has 0 spiro atoms. The molecular formula is C22H24FN3O2S. The van der Waals surface area contributed by atoms with Gasteiger partial charge in [0.05, 0.1) is 12.3 Å². The van der Waals surface area contributed by atoms with E-state index < -0.39 is 0 Å². The van der Waals surface area contributed by atoms with Gasteiger partial charge in [0.2, 0.25) is 0 Å². The molecule has 1 aliphatic heterocycles. The number of thiophene rings is 1. The lowest BCUT2D eigenvalue weighted by Crippen LogP contribution is -2.52. The number of furan rings is 1. The van der Waals surface area contributed by atoms with Gasteiger partial charge in [-0.2, -0.15) is 0 Å². The summed E-state index contributed by atoms with van der Waals surface area (Å²) in [6.07, 6.45) is 1.50. The van der Waals surface area contributed by atoms with Gasteiger partial charge in [-0.1, -0.05) is 6.07 Å². The van der Waals surface area contributed by atoms with E-state index in [4.69, 9.17) is 4.42 Å². The lowest BCUT2D eigenvalue weighted by atomic mass is 10.0. The molecule has 152 valence electrons. The second kappa shape index (κ2) is 8.80. The largest absolute Gasteiger partial charge is 0.459 e. The van der Waals surface area contributed by atoms with Crippen molar-refractivity contribution < 1.29 is 13.6 Å². The topological polar surface area (TPSA) is 48.7 Å². The number of piperazine rings is 1. The van der Waals surface area contributed by atoms with Gasteiger partial charge >= 0.3 is 0 Å². The molecule has 1 aliphatic rings. The number of anilines is 1. The van der Waals surface area contributed by atoms with E-state index in [2.05, 4.69) is 26.6 Å². The fourth-order valence-electron chi connectivity index (χ4n) is 3.88. The van der Waals surface area contributed by atoms with Gasteiger partial charge in [-0.25, -0.2) is 4.39 Å². The van der Waals surface area contributed by atoms with Crippen molar-refractivity contribution in [2.45, 2.75) is 19.0 Å². The van der Waals surface area contributed by atoms with E-state index in [-0.39, 0.29) is 23.8 Å². The van der Waals surface area contributed by atoms with Gasteiger partial charge in [0.1, 0.15) is 5.82 Å². The lowest BCUT2D eigenvalue weighted by Gasteiger charge is -2.42. The number of benzene rings is 1. The van der Waals surface area contributed by atoms with Gasteiger partial charge in [-0.05, 0) is 54.8 Å². The molecule has 0 bridgehead atoms. The predicted octanol–water partition coefficient (Wildman–Crippen LogP) is 4.16. The zero-order chi connectivity index (χ0) is 20.2. The second-order valence-corrected chi connectivity index (χ2v) is 8.18. The number of nitrogens with zero attached hydrogens (tertiary/aromatic N) is 2. The van der Waals surface area contributed by atoms with Crippen LogP contribution in [-0.2, 0) is 0 Å². The Balaban J connectivity index is 1.45. The van der Waals surface area contributed by atoms with Gasteiger partial charge < -0.3 is 14.6 Å². The first-order chi connectivity index (χ1) is 14.1. The van der Waals surface area contributed by atoms with E-state index in [1.807, 2.05) is 25.1 Å². The van der Waals surface area contributed by atoms with Crippen LogP contribution in [0.4, 0.5) is 10.1 Å². The molecule has 5 nitrogen and oxygen atoms in total. The molecule has 2 atom stereocenters. The first kappa shape index (κ1) is 19.7. The summed E-state index contributed by atoms with van der Waals surface area (Å²) in [4.78, 5) is 18.4. The Bertz CT molecular complexity index is 904. The number of nitrogens with one attached hydrogen (secondary N) is 1. The summed E-state index contributed by atoms with van der Waals surface area (Å²) in [5, 5.41) is 5.16. The highest BCUT2D eigenvalue weighted by atomic mass is 32.1. The minimum Gasteiger partial charge on any atom is -0.459 e. The van der Waals surface area contributed by atoms with Crippen molar-refractivity contribution in [1.29, 1.82) is 0 Å². The summed E-state index contributed by atoms with van der Waals surface area (Å²) in [7, 11) is 0. The molecule has 4 rings (SSSR count). The first-order valence-electron chi connectivity index (χ1n) is 9.74. The van der Waals surface area contributed by atoms with E-state index in [0.717, 1.165) is 31.9 Å². The molecule has 0 saturated carbocycles. The standard InChI is InChI=1S/C22H24FN3O2S/c1-16(24-22(27)19-4-2-14-28-19)21(20-5-3-15-29-20)26-12-10-25(11-13-26)18-8-6-17(23)7-9-18/h2-9,14-16,21H,10-13H2,1H3,(H,24,27)/t16-,21+/m1/s1. The Kier molecular flexibility index (Phi) is 5.97. The Morgan fingerprint density at radius 1 is 1.10 bits per heavy atom. The quantitative estimate of drug-likeness (QED) is 0.659. The molecule has 1 N–H and O–H groups in total. The number of carbonyl (C=O) groups is 1. The Hall–Kier alpha value is -2.64. The smallest absolute Gasteiger partial charge is 0.287 e. The number of hydrogen-bond donors (Lipinski definition) is 1. The Morgan fingerprint density at radius 3 is 2.48 bits per heavy atom. The van der Waals surface area contributed by atoms with Crippen molar-refractivity contribution in [1.82, 2.24) is 10.2 Å². The number of halogens is 1. The highest BCUT2D eigenvalue weighted by Gasteiger charge is 2.31. The number of amides is 1. The summed E-state index contributed by atoms with van der Waals surface area (Å²) in [6.45, 7) is 5.47. The molecular weight excluding hydrogens is 389 g/mol. The van der Waals surface area contributed by atoms with E-state index in [9.17, 15) is 9.18 Å². The van der Waals surface area contributed by atoms with Crippen LogP contribution >= 0.6 is 11.3 Å². The van der Waals surface area contributed by atoms with Gasteiger partial charge in [0.15, 0.2) is 5.76 Å². The third kappa shape index (κ3) is 4.52. The molecule has 3 aromatic rings. The molecule has 0 aliphatic carbocycles. The number of carbonyl (C=O) groups excluding carboxylic acids is 1. The van der Waals surface area contributed by atoms with E-state index in [1.165, 1.54) is 23.3 Å². The van der Waals surface area contributed by atoms with Gasteiger partial charge in [-0.15, -0.1) is 11.3 Å². The molecule has 1 amide bonds. The predicted molar refractivity (Wildman–Crippen MR) is 113 cm³/mol. The van der Waals surface area contributed by atoms with Crippen LogP contribution in [0.5, 0.6) is 0 Å². The van der Waals surface area contributed by atoms with Crippen molar-refractivity contribution in [3.63, 3.8) is 0 Å². The molecule has 1 fully saturated rings. The van der Waals surface area contributed by atoms with Crippen molar-refractivity contribution in [2.75, 3.05) is 31.1 Å².